The molecule has 2 rings (SSSR count). The van der Waals surface area contributed by atoms with Gasteiger partial charge in [-0.15, -0.1) is 6.58 Å². The van der Waals surface area contributed by atoms with Gasteiger partial charge in [0, 0.05) is 0 Å². The number of alkyl carbamates (subject to hydrolysis) is 1. The van der Waals surface area contributed by atoms with Crippen molar-refractivity contribution < 1.29 is 19.0 Å². The average Bonchev–Trinajstić information content (AvgIpc) is 2.49. The van der Waals surface area contributed by atoms with Gasteiger partial charge in [-0.3, -0.25) is 0 Å². The van der Waals surface area contributed by atoms with Crippen LogP contribution in [0.4, 0.5) is 4.79 Å². The first-order valence-corrected chi connectivity index (χ1v) is 7.40. The van der Waals surface area contributed by atoms with Crippen molar-refractivity contribution in [3.05, 3.63) is 48.6 Å². The Morgan fingerprint density at radius 3 is 2.86 bits per heavy atom. The first-order chi connectivity index (χ1) is 10.5. The van der Waals surface area contributed by atoms with Gasteiger partial charge < -0.3 is 19.5 Å². The third-order valence-electron chi connectivity index (χ3n) is 3.41. The van der Waals surface area contributed by atoms with E-state index in [0.717, 1.165) is 5.56 Å². The average molecular weight is 305 g/mol. The number of benzene rings is 1. The van der Waals surface area contributed by atoms with Crippen molar-refractivity contribution in [3.63, 3.8) is 0 Å². The highest BCUT2D eigenvalue weighted by atomic mass is 16.7. The standard InChI is InChI=1S/C17H23NO4/c1-4-8-15-14(12-21-17(2,3)22-15)18-16(19)20-11-13-9-6-5-7-10-13/h4-7,9-10,14-15H,1,8,11-12H2,2-3H3,(H,18,19). The molecule has 5 heteroatoms. The maximum Gasteiger partial charge on any atom is 0.407 e. The summed E-state index contributed by atoms with van der Waals surface area (Å²) in [6.07, 6.45) is 1.76. The Morgan fingerprint density at radius 1 is 1.45 bits per heavy atom. The van der Waals surface area contributed by atoms with Crippen LogP contribution in [0.25, 0.3) is 0 Å². The normalized spacial score (nSPS) is 23.5. The Morgan fingerprint density at radius 2 is 2.18 bits per heavy atom. The fraction of sp³-hybridized carbons (Fsp3) is 0.471. The summed E-state index contributed by atoms with van der Waals surface area (Å²) < 4.78 is 16.6. The van der Waals surface area contributed by atoms with Crippen molar-refractivity contribution in [1.82, 2.24) is 5.32 Å². The van der Waals surface area contributed by atoms with Gasteiger partial charge in [-0.1, -0.05) is 36.4 Å². The molecule has 1 heterocycles. The van der Waals surface area contributed by atoms with Crippen LogP contribution in [0.1, 0.15) is 25.8 Å². The summed E-state index contributed by atoms with van der Waals surface area (Å²) in [5.41, 5.74) is 0.942. The van der Waals surface area contributed by atoms with Gasteiger partial charge in [-0.25, -0.2) is 4.79 Å². The molecule has 1 aromatic carbocycles. The van der Waals surface area contributed by atoms with Crippen molar-refractivity contribution in [2.24, 2.45) is 0 Å². The van der Waals surface area contributed by atoms with E-state index in [0.29, 0.717) is 13.0 Å². The smallest absolute Gasteiger partial charge is 0.407 e. The zero-order chi connectivity index (χ0) is 16.0. The summed E-state index contributed by atoms with van der Waals surface area (Å²) in [7, 11) is 0. The molecule has 0 aromatic heterocycles. The highest BCUT2D eigenvalue weighted by Crippen LogP contribution is 2.24. The molecule has 2 unspecified atom stereocenters. The Balaban J connectivity index is 1.85. The number of nitrogens with one attached hydrogen (secondary N) is 1. The van der Waals surface area contributed by atoms with Crippen LogP contribution in [-0.4, -0.2) is 30.6 Å². The number of hydrogen-bond donors (Lipinski definition) is 1. The molecule has 5 nitrogen and oxygen atoms in total. The second kappa shape index (κ2) is 7.42. The van der Waals surface area contributed by atoms with E-state index in [4.69, 9.17) is 14.2 Å². The van der Waals surface area contributed by atoms with Crippen LogP contribution in [-0.2, 0) is 20.8 Å². The third kappa shape index (κ3) is 4.86. The minimum atomic E-state index is -0.653. The predicted octanol–water partition coefficient (Wildman–Crippen LogP) is 3.01. The molecular weight excluding hydrogens is 282 g/mol. The van der Waals surface area contributed by atoms with Crippen LogP contribution in [0, 0.1) is 0 Å². The van der Waals surface area contributed by atoms with Gasteiger partial charge in [0.1, 0.15) is 6.61 Å². The molecule has 1 fully saturated rings. The van der Waals surface area contributed by atoms with Crippen LogP contribution < -0.4 is 5.32 Å². The molecule has 0 saturated carbocycles. The van der Waals surface area contributed by atoms with Gasteiger partial charge in [0.25, 0.3) is 0 Å². The molecule has 0 bridgehead atoms. The van der Waals surface area contributed by atoms with Gasteiger partial charge in [-0.2, -0.15) is 0 Å². The van der Waals surface area contributed by atoms with E-state index in [9.17, 15) is 4.79 Å². The molecule has 1 saturated heterocycles. The molecular formula is C17H23NO4. The zero-order valence-electron chi connectivity index (χ0n) is 13.1. The number of carbonyl (C=O) groups excluding carboxylic acids is 1. The summed E-state index contributed by atoms with van der Waals surface area (Å²) in [5.74, 6) is -0.653. The molecule has 22 heavy (non-hydrogen) atoms. The van der Waals surface area contributed by atoms with Crippen LogP contribution >= 0.6 is 0 Å². The third-order valence-corrected chi connectivity index (χ3v) is 3.41. The Hall–Kier alpha value is -1.85. The van der Waals surface area contributed by atoms with E-state index in [-0.39, 0.29) is 18.8 Å². The molecule has 1 aliphatic heterocycles. The Labute approximate surface area is 131 Å². The number of carbonyl (C=O) groups is 1. The fourth-order valence-corrected chi connectivity index (χ4v) is 2.31. The van der Waals surface area contributed by atoms with E-state index in [1.165, 1.54) is 0 Å². The largest absolute Gasteiger partial charge is 0.445 e. The lowest BCUT2D eigenvalue weighted by molar-refractivity contribution is -0.280. The second-order valence-electron chi connectivity index (χ2n) is 5.70. The van der Waals surface area contributed by atoms with Gasteiger partial charge >= 0.3 is 6.09 Å². The summed E-state index contributed by atoms with van der Waals surface area (Å²) in [6, 6.07) is 9.28. The topological polar surface area (TPSA) is 56.8 Å². The number of ether oxygens (including phenoxy) is 3. The molecule has 0 radical (unpaired) electrons. The lowest BCUT2D eigenvalue weighted by atomic mass is 10.1. The molecule has 1 aromatic rings. The van der Waals surface area contributed by atoms with Crippen LogP contribution in [0.15, 0.2) is 43.0 Å². The minimum absolute atomic E-state index is 0.175. The van der Waals surface area contributed by atoms with E-state index in [2.05, 4.69) is 11.9 Å². The summed E-state index contributed by atoms with van der Waals surface area (Å²) in [5, 5.41) is 2.80. The van der Waals surface area contributed by atoms with Crippen LogP contribution in [0.5, 0.6) is 0 Å². The number of rotatable bonds is 5. The maximum absolute atomic E-state index is 11.9. The van der Waals surface area contributed by atoms with Crippen molar-refractivity contribution in [2.75, 3.05) is 6.61 Å². The van der Waals surface area contributed by atoms with Crippen LogP contribution in [0.2, 0.25) is 0 Å². The minimum Gasteiger partial charge on any atom is -0.445 e. The molecule has 1 N–H and O–H groups in total. The van der Waals surface area contributed by atoms with E-state index >= 15 is 0 Å². The first kappa shape index (κ1) is 16.5. The Kier molecular flexibility index (Phi) is 5.57. The fourth-order valence-electron chi connectivity index (χ4n) is 2.31. The lowest BCUT2D eigenvalue weighted by Crippen LogP contribution is -2.55. The van der Waals surface area contributed by atoms with Crippen molar-refractivity contribution >= 4 is 6.09 Å². The molecule has 0 spiro atoms. The second-order valence-corrected chi connectivity index (χ2v) is 5.70. The quantitative estimate of drug-likeness (QED) is 0.850. The summed E-state index contributed by atoms with van der Waals surface area (Å²) in [6.45, 7) is 8.05. The van der Waals surface area contributed by atoms with Crippen LogP contribution in [0.3, 0.4) is 0 Å². The highest BCUT2D eigenvalue weighted by Gasteiger charge is 2.36. The monoisotopic (exact) mass is 305 g/mol. The highest BCUT2D eigenvalue weighted by molar-refractivity contribution is 5.67. The first-order valence-electron chi connectivity index (χ1n) is 7.40. The Bertz CT molecular complexity index is 501. The molecule has 1 aliphatic rings. The lowest BCUT2D eigenvalue weighted by Gasteiger charge is -2.40. The summed E-state index contributed by atoms with van der Waals surface area (Å²) >= 11 is 0. The van der Waals surface area contributed by atoms with Gasteiger partial charge in [0.05, 0.1) is 18.8 Å². The van der Waals surface area contributed by atoms with E-state index in [1.54, 1.807) is 6.08 Å². The van der Waals surface area contributed by atoms with Crippen molar-refractivity contribution in [3.8, 4) is 0 Å². The molecule has 1 amide bonds. The molecule has 2 atom stereocenters. The van der Waals surface area contributed by atoms with Gasteiger partial charge in [-0.05, 0) is 25.8 Å². The van der Waals surface area contributed by atoms with E-state index in [1.807, 2.05) is 44.2 Å². The number of hydrogen-bond acceptors (Lipinski definition) is 4. The summed E-state index contributed by atoms with van der Waals surface area (Å²) in [4.78, 5) is 11.9. The van der Waals surface area contributed by atoms with Crippen molar-refractivity contribution in [2.45, 2.75) is 44.8 Å². The van der Waals surface area contributed by atoms with E-state index < -0.39 is 11.9 Å². The zero-order valence-corrected chi connectivity index (χ0v) is 13.1. The number of amides is 1. The SMILES string of the molecule is C=CCC1OC(C)(C)OCC1NC(=O)OCc1ccccc1. The molecule has 120 valence electrons. The molecule has 0 aliphatic carbocycles. The predicted molar refractivity (Wildman–Crippen MR) is 83.3 cm³/mol. The van der Waals surface area contributed by atoms with Gasteiger partial charge in [0.15, 0.2) is 5.79 Å². The maximum atomic E-state index is 11.9. The van der Waals surface area contributed by atoms with Crippen molar-refractivity contribution in [1.29, 1.82) is 0 Å². The van der Waals surface area contributed by atoms with Gasteiger partial charge in [0.2, 0.25) is 0 Å².